The van der Waals surface area contributed by atoms with E-state index >= 15 is 0 Å². The Hall–Kier alpha value is -1.28. The Morgan fingerprint density at radius 1 is 1.40 bits per heavy atom. The lowest BCUT2D eigenvalue weighted by Crippen LogP contribution is -2.34. The zero-order valence-corrected chi connectivity index (χ0v) is 8.48. The second-order valence-electron chi connectivity index (χ2n) is 2.53. The van der Waals surface area contributed by atoms with E-state index in [0.29, 0.717) is 0 Å². The van der Waals surface area contributed by atoms with Gasteiger partial charge in [-0.2, -0.15) is 0 Å². The van der Waals surface area contributed by atoms with E-state index in [-0.39, 0.29) is 18.8 Å². The molecule has 15 heavy (non-hydrogen) atoms. The van der Waals surface area contributed by atoms with Crippen LogP contribution in [0.2, 0.25) is 0 Å². The number of rotatable bonds is 8. The Balaban J connectivity index is 4.00. The zero-order chi connectivity index (χ0) is 11.8. The summed E-state index contributed by atoms with van der Waals surface area (Å²) in [6.07, 6.45) is 0. The minimum atomic E-state index is -1.21. The molecule has 0 fully saturated rings. The summed E-state index contributed by atoms with van der Waals surface area (Å²) in [6, 6.07) is -1.13. The molecule has 2 atom stereocenters. The first-order chi connectivity index (χ1) is 6.99. The molecule has 0 heterocycles. The van der Waals surface area contributed by atoms with Crippen LogP contribution in [0, 0.1) is 0 Å². The first-order valence-electron chi connectivity index (χ1n) is 3.87. The molecule has 0 aromatic rings. The molecule has 0 spiro atoms. The van der Waals surface area contributed by atoms with Crippen LogP contribution in [0.3, 0.4) is 0 Å². The van der Waals surface area contributed by atoms with Crippen molar-refractivity contribution in [1.29, 1.82) is 0 Å². The molecule has 0 aromatic carbocycles. The van der Waals surface area contributed by atoms with Gasteiger partial charge in [-0.15, -0.1) is 11.8 Å². The highest BCUT2D eigenvalue weighted by Gasteiger charge is 2.21. The fourth-order valence-electron chi connectivity index (χ4n) is 0.608. The molecule has 4 N–H and O–H groups in total. The summed E-state index contributed by atoms with van der Waals surface area (Å²) in [5, 5.41) is 16.1. The average molecular weight is 237 g/mol. The summed E-state index contributed by atoms with van der Waals surface area (Å²) >= 11 is 0.817. The van der Waals surface area contributed by atoms with Gasteiger partial charge in [-0.05, 0) is 0 Å². The Bertz CT molecular complexity index is 246. The van der Waals surface area contributed by atoms with Crippen molar-refractivity contribution in [3.8, 4) is 0 Å². The van der Waals surface area contributed by atoms with Gasteiger partial charge in [0.25, 0.3) is 6.47 Å². The molecule has 0 aliphatic rings. The summed E-state index contributed by atoms with van der Waals surface area (Å²) in [7, 11) is 0. The molecule has 0 unspecified atom stereocenters. The SMILES string of the molecule is N[C@@H](CS[C@@H](COC=O)C(=O)O)C(=O)O. The van der Waals surface area contributed by atoms with Crippen LogP contribution in [0.25, 0.3) is 0 Å². The molecule has 0 radical (unpaired) electrons. The molecule has 86 valence electrons. The Morgan fingerprint density at radius 2 is 2.00 bits per heavy atom. The van der Waals surface area contributed by atoms with Crippen LogP contribution in [-0.4, -0.2) is 52.3 Å². The Labute approximate surface area is 89.6 Å². The van der Waals surface area contributed by atoms with Gasteiger partial charge in [0.15, 0.2) is 0 Å². The van der Waals surface area contributed by atoms with Gasteiger partial charge >= 0.3 is 11.9 Å². The number of thioether (sulfide) groups is 1. The molecular weight excluding hydrogens is 226 g/mol. The van der Waals surface area contributed by atoms with Crippen LogP contribution < -0.4 is 5.73 Å². The van der Waals surface area contributed by atoms with Crippen molar-refractivity contribution in [2.45, 2.75) is 11.3 Å². The van der Waals surface area contributed by atoms with Crippen LogP contribution in [-0.2, 0) is 19.1 Å². The predicted octanol–water partition coefficient (Wildman–Crippen LogP) is -1.24. The maximum absolute atomic E-state index is 10.6. The Morgan fingerprint density at radius 3 is 2.40 bits per heavy atom. The van der Waals surface area contributed by atoms with Crippen molar-refractivity contribution >= 4 is 30.2 Å². The second-order valence-corrected chi connectivity index (χ2v) is 3.77. The van der Waals surface area contributed by atoms with Crippen LogP contribution in [0.4, 0.5) is 0 Å². The molecule has 0 amide bonds. The van der Waals surface area contributed by atoms with Crippen LogP contribution in [0.1, 0.15) is 0 Å². The molecule has 0 rings (SSSR count). The number of ether oxygens (including phenoxy) is 1. The number of hydrogen-bond donors (Lipinski definition) is 3. The van der Waals surface area contributed by atoms with Crippen molar-refractivity contribution in [3.63, 3.8) is 0 Å². The highest BCUT2D eigenvalue weighted by molar-refractivity contribution is 8.00. The van der Waals surface area contributed by atoms with Crippen molar-refractivity contribution in [3.05, 3.63) is 0 Å². The summed E-state index contributed by atoms with van der Waals surface area (Å²) in [5.41, 5.74) is 5.17. The largest absolute Gasteiger partial charge is 0.480 e. The van der Waals surface area contributed by atoms with Crippen LogP contribution in [0.5, 0.6) is 0 Å². The monoisotopic (exact) mass is 237 g/mol. The quantitative estimate of drug-likeness (QED) is 0.447. The lowest BCUT2D eigenvalue weighted by molar-refractivity contribution is -0.140. The van der Waals surface area contributed by atoms with E-state index < -0.39 is 23.2 Å². The lowest BCUT2D eigenvalue weighted by atomic mass is 10.4. The highest BCUT2D eigenvalue weighted by atomic mass is 32.2. The summed E-state index contributed by atoms with van der Waals surface area (Å²) in [6.45, 7) is -0.177. The number of aliphatic carboxylic acids is 2. The fraction of sp³-hybridized carbons (Fsp3) is 0.571. The minimum absolute atomic E-state index is 0.0610. The molecule has 0 aromatic heterocycles. The van der Waals surface area contributed by atoms with E-state index in [1.54, 1.807) is 0 Å². The molecular formula is C7H11NO6S. The number of hydrogen-bond acceptors (Lipinski definition) is 6. The number of carboxylic acids is 2. The average Bonchev–Trinajstić information content (AvgIpc) is 2.16. The fourth-order valence-corrected chi connectivity index (χ4v) is 1.51. The van der Waals surface area contributed by atoms with E-state index in [4.69, 9.17) is 15.9 Å². The maximum atomic E-state index is 10.6. The first-order valence-corrected chi connectivity index (χ1v) is 4.92. The molecule has 0 aliphatic carbocycles. The Kier molecular flexibility index (Phi) is 6.47. The molecule has 0 bridgehead atoms. The van der Waals surface area contributed by atoms with Gasteiger partial charge in [-0.3, -0.25) is 14.4 Å². The van der Waals surface area contributed by atoms with E-state index in [9.17, 15) is 14.4 Å². The normalized spacial score (nSPS) is 13.9. The van der Waals surface area contributed by atoms with Gasteiger partial charge in [0.05, 0.1) is 0 Å². The zero-order valence-electron chi connectivity index (χ0n) is 7.66. The topological polar surface area (TPSA) is 127 Å². The third-order valence-electron chi connectivity index (χ3n) is 1.39. The third-order valence-corrected chi connectivity index (χ3v) is 2.68. The van der Waals surface area contributed by atoms with E-state index in [0.717, 1.165) is 11.8 Å². The third kappa shape index (κ3) is 5.92. The van der Waals surface area contributed by atoms with Gasteiger partial charge in [0.1, 0.15) is 17.9 Å². The smallest absolute Gasteiger partial charge is 0.321 e. The summed E-state index contributed by atoms with van der Waals surface area (Å²) in [4.78, 5) is 30.7. The predicted molar refractivity (Wildman–Crippen MR) is 51.5 cm³/mol. The molecule has 0 saturated heterocycles. The number of carboxylic acid groups (broad SMARTS) is 2. The van der Waals surface area contributed by atoms with Gasteiger partial charge in [0.2, 0.25) is 0 Å². The summed E-state index contributed by atoms with van der Waals surface area (Å²) < 4.78 is 4.28. The van der Waals surface area contributed by atoms with Gasteiger partial charge in [-0.1, -0.05) is 0 Å². The minimum Gasteiger partial charge on any atom is -0.480 e. The van der Waals surface area contributed by atoms with Crippen LogP contribution in [0.15, 0.2) is 0 Å². The lowest BCUT2D eigenvalue weighted by Gasteiger charge is -2.12. The van der Waals surface area contributed by atoms with Gasteiger partial charge < -0.3 is 20.7 Å². The standard InChI is InChI=1S/C7H11NO6S/c8-4(6(10)11)2-15-5(7(12)13)1-14-3-9/h3-5H,1-2,8H2,(H,10,11)(H,12,13)/t4-,5-/m0/s1. The first kappa shape index (κ1) is 13.7. The van der Waals surface area contributed by atoms with E-state index in [1.807, 2.05) is 0 Å². The number of carbonyl (C=O) groups is 3. The van der Waals surface area contributed by atoms with Crippen molar-refractivity contribution in [1.82, 2.24) is 0 Å². The molecule has 0 aliphatic heterocycles. The van der Waals surface area contributed by atoms with Gasteiger partial charge in [0, 0.05) is 5.75 Å². The second kappa shape index (κ2) is 7.07. The van der Waals surface area contributed by atoms with Crippen molar-refractivity contribution < 1.29 is 29.3 Å². The summed E-state index contributed by atoms with van der Waals surface area (Å²) in [5.74, 6) is -2.45. The molecule has 7 nitrogen and oxygen atoms in total. The van der Waals surface area contributed by atoms with Crippen molar-refractivity contribution in [2.24, 2.45) is 5.73 Å². The number of carbonyl (C=O) groups excluding carboxylic acids is 1. The van der Waals surface area contributed by atoms with Crippen molar-refractivity contribution in [2.75, 3.05) is 12.4 Å². The maximum Gasteiger partial charge on any atom is 0.321 e. The van der Waals surface area contributed by atoms with E-state index in [2.05, 4.69) is 4.74 Å². The molecule has 0 saturated carbocycles. The van der Waals surface area contributed by atoms with Crippen LogP contribution >= 0.6 is 11.8 Å². The van der Waals surface area contributed by atoms with E-state index in [1.165, 1.54) is 0 Å². The number of nitrogens with two attached hydrogens (primary N) is 1. The highest BCUT2D eigenvalue weighted by Crippen LogP contribution is 2.12. The van der Waals surface area contributed by atoms with Gasteiger partial charge in [-0.25, -0.2) is 0 Å². The molecule has 8 heteroatoms.